The van der Waals surface area contributed by atoms with E-state index < -0.39 is 0 Å². The number of H-pyrrole nitrogens is 1. The highest BCUT2D eigenvalue weighted by Crippen LogP contribution is 2.31. The molecule has 0 atom stereocenters. The lowest BCUT2D eigenvalue weighted by atomic mass is 10.00. The van der Waals surface area contributed by atoms with Crippen LogP contribution in [0.1, 0.15) is 26.3 Å². The molecule has 1 saturated heterocycles. The van der Waals surface area contributed by atoms with Crippen molar-refractivity contribution in [2.45, 2.75) is 6.92 Å². The van der Waals surface area contributed by atoms with Crippen molar-refractivity contribution in [3.63, 3.8) is 0 Å². The molecule has 33 heavy (non-hydrogen) atoms. The molecule has 7 nitrogen and oxygen atoms in total. The maximum atomic E-state index is 13.0. The van der Waals surface area contributed by atoms with Crippen molar-refractivity contribution in [2.24, 2.45) is 0 Å². The van der Waals surface area contributed by atoms with Crippen LogP contribution in [-0.2, 0) is 0 Å². The molecule has 0 radical (unpaired) electrons. The zero-order chi connectivity index (χ0) is 22.9. The molecular weight excluding hydrogens is 414 g/mol. The maximum absolute atomic E-state index is 13.0. The van der Waals surface area contributed by atoms with E-state index in [4.69, 9.17) is 5.73 Å². The molecule has 3 N–H and O–H groups in total. The lowest BCUT2D eigenvalue weighted by Gasteiger charge is -2.35. The van der Waals surface area contributed by atoms with Gasteiger partial charge in [0.05, 0.1) is 10.9 Å². The number of nitrogens with two attached hydrogens (primary N) is 1. The number of carbonyl (C=O) groups is 2. The summed E-state index contributed by atoms with van der Waals surface area (Å²) in [6.45, 7) is 4.08. The molecule has 0 bridgehead atoms. The summed E-state index contributed by atoms with van der Waals surface area (Å²) < 4.78 is 0. The molecule has 1 fully saturated rings. The fraction of sp³-hybridized carbons (Fsp3) is 0.192. The molecule has 0 spiro atoms. The van der Waals surface area contributed by atoms with Crippen LogP contribution in [0.2, 0.25) is 0 Å². The minimum Gasteiger partial charge on any atom is -0.382 e. The number of aromatic amines is 1. The van der Waals surface area contributed by atoms with E-state index in [1.165, 1.54) is 0 Å². The molecule has 3 aromatic carbocycles. The Morgan fingerprint density at radius 3 is 1.94 bits per heavy atom. The molecule has 166 valence electrons. The van der Waals surface area contributed by atoms with Gasteiger partial charge in [0.1, 0.15) is 0 Å². The van der Waals surface area contributed by atoms with Gasteiger partial charge in [-0.1, -0.05) is 42.0 Å². The Morgan fingerprint density at radius 1 is 0.818 bits per heavy atom. The zero-order valence-electron chi connectivity index (χ0n) is 18.4. The molecule has 1 aliphatic rings. The summed E-state index contributed by atoms with van der Waals surface area (Å²) in [7, 11) is 0. The summed E-state index contributed by atoms with van der Waals surface area (Å²) in [5, 5.41) is 7.91. The van der Waals surface area contributed by atoms with Gasteiger partial charge >= 0.3 is 0 Å². The standard InChI is InChI=1S/C26H25N5O2/c1-17-5-7-19(8-6-17)25(32)30-13-15-31(16-14-30)26(33)20-11-9-18(10-12-20)21-3-2-4-22-23(21)24(27)29-28-22/h2-12H,13-16H2,1H3,(H3,27,28,29). The molecular formula is C26H25N5O2. The molecule has 2 heterocycles. The monoisotopic (exact) mass is 439 g/mol. The number of rotatable bonds is 3. The van der Waals surface area contributed by atoms with Crippen molar-refractivity contribution < 1.29 is 9.59 Å². The number of aryl methyl sites for hydroxylation is 1. The molecule has 2 amide bonds. The van der Waals surface area contributed by atoms with E-state index in [0.717, 1.165) is 27.6 Å². The number of amides is 2. The fourth-order valence-electron chi connectivity index (χ4n) is 4.30. The second-order valence-electron chi connectivity index (χ2n) is 8.36. The minimum atomic E-state index is -0.0231. The Kier molecular flexibility index (Phi) is 5.30. The number of anilines is 1. The summed E-state index contributed by atoms with van der Waals surface area (Å²) in [6.07, 6.45) is 0. The second-order valence-corrected chi connectivity index (χ2v) is 8.36. The van der Waals surface area contributed by atoms with E-state index >= 15 is 0 Å². The first-order chi connectivity index (χ1) is 16.0. The van der Waals surface area contributed by atoms with E-state index in [-0.39, 0.29) is 11.8 Å². The first kappa shape index (κ1) is 20.8. The van der Waals surface area contributed by atoms with Crippen molar-refractivity contribution >= 4 is 28.5 Å². The Morgan fingerprint density at radius 2 is 1.36 bits per heavy atom. The van der Waals surface area contributed by atoms with Gasteiger partial charge in [-0.2, -0.15) is 5.10 Å². The van der Waals surface area contributed by atoms with Crippen LogP contribution in [-0.4, -0.2) is 58.0 Å². The van der Waals surface area contributed by atoms with Crippen molar-refractivity contribution in [3.05, 3.63) is 83.4 Å². The topological polar surface area (TPSA) is 95.3 Å². The molecule has 5 rings (SSSR count). The number of nitrogens with one attached hydrogen (secondary N) is 1. The summed E-state index contributed by atoms with van der Waals surface area (Å²) >= 11 is 0. The molecule has 1 aromatic heterocycles. The highest BCUT2D eigenvalue weighted by atomic mass is 16.2. The highest BCUT2D eigenvalue weighted by molar-refractivity contribution is 6.02. The van der Waals surface area contributed by atoms with E-state index in [1.54, 1.807) is 0 Å². The van der Waals surface area contributed by atoms with Crippen LogP contribution < -0.4 is 5.73 Å². The van der Waals surface area contributed by atoms with Crippen LogP contribution >= 0.6 is 0 Å². The lowest BCUT2D eigenvalue weighted by Crippen LogP contribution is -2.50. The highest BCUT2D eigenvalue weighted by Gasteiger charge is 2.25. The fourth-order valence-corrected chi connectivity index (χ4v) is 4.30. The number of hydrogen-bond donors (Lipinski definition) is 2. The first-order valence-electron chi connectivity index (χ1n) is 11.0. The van der Waals surface area contributed by atoms with Crippen LogP contribution in [0.4, 0.5) is 5.82 Å². The Hall–Kier alpha value is -4.13. The molecule has 0 unspecified atom stereocenters. The molecule has 1 aliphatic heterocycles. The number of fused-ring (bicyclic) bond motifs is 1. The van der Waals surface area contributed by atoms with Crippen molar-refractivity contribution in [1.29, 1.82) is 0 Å². The van der Waals surface area contributed by atoms with Gasteiger partial charge in [0.25, 0.3) is 11.8 Å². The van der Waals surface area contributed by atoms with Gasteiger partial charge in [-0.25, -0.2) is 0 Å². The van der Waals surface area contributed by atoms with Crippen molar-refractivity contribution in [1.82, 2.24) is 20.0 Å². The van der Waals surface area contributed by atoms with Gasteiger partial charge in [0.2, 0.25) is 0 Å². The average Bonchev–Trinajstić information content (AvgIpc) is 3.25. The van der Waals surface area contributed by atoms with Gasteiger partial charge < -0.3 is 15.5 Å². The smallest absolute Gasteiger partial charge is 0.253 e. The summed E-state index contributed by atoms with van der Waals surface area (Å²) in [5.41, 5.74) is 11.3. The Labute approximate surface area is 191 Å². The minimum absolute atomic E-state index is 0.0131. The number of hydrogen-bond acceptors (Lipinski definition) is 4. The van der Waals surface area contributed by atoms with E-state index in [9.17, 15) is 9.59 Å². The van der Waals surface area contributed by atoms with Crippen LogP contribution in [0.5, 0.6) is 0 Å². The predicted octanol–water partition coefficient (Wildman–Crippen LogP) is 3.72. The third kappa shape index (κ3) is 3.93. The van der Waals surface area contributed by atoms with Gasteiger partial charge in [-0.3, -0.25) is 14.7 Å². The van der Waals surface area contributed by atoms with Crippen molar-refractivity contribution in [2.75, 3.05) is 31.9 Å². The second kappa shape index (κ2) is 8.43. The van der Waals surface area contributed by atoms with E-state index in [0.29, 0.717) is 43.1 Å². The quantitative estimate of drug-likeness (QED) is 0.509. The summed E-state index contributed by atoms with van der Waals surface area (Å²) in [6, 6.07) is 21.0. The van der Waals surface area contributed by atoms with Crippen LogP contribution in [0.3, 0.4) is 0 Å². The normalized spacial score (nSPS) is 14.0. The third-order valence-electron chi connectivity index (χ3n) is 6.21. The Bertz CT molecular complexity index is 1320. The van der Waals surface area contributed by atoms with Crippen LogP contribution in [0.25, 0.3) is 22.0 Å². The molecule has 7 heteroatoms. The van der Waals surface area contributed by atoms with E-state index in [1.807, 2.05) is 83.5 Å². The van der Waals surface area contributed by atoms with Crippen molar-refractivity contribution in [3.8, 4) is 11.1 Å². The number of nitrogens with zero attached hydrogens (tertiary/aromatic N) is 3. The maximum Gasteiger partial charge on any atom is 0.253 e. The third-order valence-corrected chi connectivity index (χ3v) is 6.21. The number of nitrogen functional groups attached to an aromatic ring is 1. The average molecular weight is 440 g/mol. The lowest BCUT2D eigenvalue weighted by molar-refractivity contribution is 0.0535. The first-order valence-corrected chi connectivity index (χ1v) is 11.0. The van der Waals surface area contributed by atoms with Crippen LogP contribution in [0.15, 0.2) is 66.7 Å². The van der Waals surface area contributed by atoms with Gasteiger partial charge in [0, 0.05) is 37.3 Å². The molecule has 4 aromatic rings. The molecule has 0 saturated carbocycles. The van der Waals surface area contributed by atoms with E-state index in [2.05, 4.69) is 10.2 Å². The van der Waals surface area contributed by atoms with Gasteiger partial charge in [-0.15, -0.1) is 0 Å². The molecule has 0 aliphatic carbocycles. The zero-order valence-corrected chi connectivity index (χ0v) is 18.4. The van der Waals surface area contributed by atoms with Gasteiger partial charge in [0.15, 0.2) is 5.82 Å². The Balaban J connectivity index is 1.26. The van der Waals surface area contributed by atoms with Crippen LogP contribution in [0, 0.1) is 6.92 Å². The SMILES string of the molecule is Cc1ccc(C(=O)N2CCN(C(=O)c3ccc(-c4cccc5[nH]nc(N)c45)cc3)CC2)cc1. The van der Waals surface area contributed by atoms with Gasteiger partial charge in [-0.05, 0) is 48.4 Å². The number of aromatic nitrogens is 2. The summed E-state index contributed by atoms with van der Waals surface area (Å²) in [4.78, 5) is 29.4. The largest absolute Gasteiger partial charge is 0.382 e. The summed E-state index contributed by atoms with van der Waals surface area (Å²) in [5.74, 6) is 0.447. The number of piperazine rings is 1. The number of carbonyl (C=O) groups excluding carboxylic acids is 2. The number of benzene rings is 3. The predicted molar refractivity (Wildman–Crippen MR) is 129 cm³/mol.